The number of hydrogen-bond acceptors (Lipinski definition) is 8. The van der Waals surface area contributed by atoms with Gasteiger partial charge in [-0.2, -0.15) is 5.10 Å². The van der Waals surface area contributed by atoms with Gasteiger partial charge in [-0.1, -0.05) is 43.7 Å². The molecule has 0 aromatic heterocycles. The lowest BCUT2D eigenvalue weighted by atomic mass is 10.2. The third-order valence-corrected chi connectivity index (χ3v) is 7.47. The molecule has 0 amide bonds. The second-order valence-electron chi connectivity index (χ2n) is 10.2. The van der Waals surface area contributed by atoms with Crippen LogP contribution in [-0.4, -0.2) is 51.8 Å². The predicted octanol–water partition coefficient (Wildman–Crippen LogP) is 5.50. The quantitative estimate of drug-likeness (QED) is 0.385. The number of nitrogens with zero attached hydrogens (tertiary/aromatic N) is 4. The first-order valence-corrected chi connectivity index (χ1v) is 14.2. The maximum atomic E-state index is 6.01. The number of nitrogens with one attached hydrogen (secondary N) is 1. The number of hydrazone groups is 1. The van der Waals surface area contributed by atoms with Crippen molar-refractivity contribution in [3.8, 4) is 5.75 Å². The highest BCUT2D eigenvalue weighted by molar-refractivity contribution is 5.85. The fraction of sp³-hybridized carbons (Fsp3) is 0.344. The third-order valence-electron chi connectivity index (χ3n) is 7.47. The summed E-state index contributed by atoms with van der Waals surface area (Å²) in [6.45, 7) is 7.09. The van der Waals surface area contributed by atoms with E-state index in [0.29, 0.717) is 13.2 Å². The summed E-state index contributed by atoms with van der Waals surface area (Å²) in [6, 6.07) is 27.2. The number of piperazine rings is 1. The van der Waals surface area contributed by atoms with Crippen LogP contribution < -0.4 is 24.9 Å². The first-order chi connectivity index (χ1) is 19.8. The molecule has 0 spiro atoms. The van der Waals surface area contributed by atoms with E-state index in [9.17, 15) is 0 Å². The van der Waals surface area contributed by atoms with Crippen LogP contribution in [0.1, 0.15) is 31.6 Å². The molecule has 8 nitrogen and oxygen atoms in total. The van der Waals surface area contributed by atoms with E-state index in [4.69, 9.17) is 14.2 Å². The zero-order valence-electron chi connectivity index (χ0n) is 23.0. The third kappa shape index (κ3) is 6.08. The number of hydrogen-bond donors (Lipinski definition) is 1. The SMILES string of the molecule is CCC/C=C1/NN=CN1c1ccc(N2CCN(c3ccc(OC[C@@H]4COC(c5ccccc5)O4)cc3)CC2)cc1. The van der Waals surface area contributed by atoms with Gasteiger partial charge in [0.05, 0.1) is 6.61 Å². The number of anilines is 3. The minimum absolute atomic E-state index is 0.0771. The molecular weight excluding hydrogens is 502 g/mol. The minimum Gasteiger partial charge on any atom is -0.491 e. The Hall–Kier alpha value is -4.01. The fourth-order valence-corrected chi connectivity index (χ4v) is 5.21. The molecule has 0 aliphatic carbocycles. The Balaban J connectivity index is 0.967. The highest BCUT2D eigenvalue weighted by Crippen LogP contribution is 2.29. The molecule has 1 unspecified atom stereocenters. The molecule has 2 atom stereocenters. The van der Waals surface area contributed by atoms with Crippen LogP contribution in [0, 0.1) is 0 Å². The van der Waals surface area contributed by atoms with Gasteiger partial charge in [-0.25, -0.2) is 0 Å². The summed E-state index contributed by atoms with van der Waals surface area (Å²) in [5.41, 5.74) is 7.72. The van der Waals surface area contributed by atoms with Crippen LogP contribution >= 0.6 is 0 Å². The van der Waals surface area contributed by atoms with E-state index in [1.807, 2.05) is 48.8 Å². The van der Waals surface area contributed by atoms with Crippen molar-refractivity contribution < 1.29 is 14.2 Å². The van der Waals surface area contributed by atoms with Crippen molar-refractivity contribution in [2.24, 2.45) is 5.10 Å². The molecule has 208 valence electrons. The minimum atomic E-state index is -0.314. The maximum absolute atomic E-state index is 6.01. The predicted molar refractivity (Wildman–Crippen MR) is 160 cm³/mol. The van der Waals surface area contributed by atoms with Gasteiger partial charge in [-0.05, 0) is 61.0 Å². The van der Waals surface area contributed by atoms with E-state index in [-0.39, 0.29) is 12.4 Å². The molecule has 3 heterocycles. The largest absolute Gasteiger partial charge is 0.491 e. The molecule has 1 N–H and O–H groups in total. The van der Waals surface area contributed by atoms with Crippen molar-refractivity contribution in [3.05, 3.63) is 96.3 Å². The van der Waals surface area contributed by atoms with Gasteiger partial charge >= 0.3 is 0 Å². The van der Waals surface area contributed by atoms with Crippen molar-refractivity contribution in [1.29, 1.82) is 0 Å². The van der Waals surface area contributed by atoms with Crippen LogP contribution in [-0.2, 0) is 9.47 Å². The summed E-state index contributed by atoms with van der Waals surface area (Å²) >= 11 is 0. The summed E-state index contributed by atoms with van der Waals surface area (Å²) in [5.74, 6) is 1.87. The van der Waals surface area contributed by atoms with Gasteiger partial charge in [0.25, 0.3) is 0 Å². The van der Waals surface area contributed by atoms with Gasteiger partial charge < -0.3 is 24.0 Å². The van der Waals surface area contributed by atoms with Crippen LogP contribution in [0.15, 0.2) is 95.9 Å². The van der Waals surface area contributed by atoms with Crippen molar-refractivity contribution >= 4 is 23.4 Å². The zero-order chi connectivity index (χ0) is 27.1. The number of unbranched alkanes of at least 4 members (excludes halogenated alkanes) is 1. The van der Waals surface area contributed by atoms with E-state index in [0.717, 1.165) is 61.8 Å². The van der Waals surface area contributed by atoms with Crippen molar-refractivity contribution in [1.82, 2.24) is 5.43 Å². The summed E-state index contributed by atoms with van der Waals surface area (Å²) in [5, 5.41) is 4.22. The first-order valence-electron chi connectivity index (χ1n) is 14.2. The molecule has 2 fully saturated rings. The Morgan fingerprint density at radius 1 is 0.875 bits per heavy atom. The number of allylic oxidation sites excluding steroid dienone is 1. The molecule has 3 aliphatic rings. The molecule has 6 rings (SSSR count). The normalized spacial score (nSPS) is 21.7. The molecule has 3 aromatic carbocycles. The van der Waals surface area contributed by atoms with Crippen molar-refractivity contribution in [3.63, 3.8) is 0 Å². The molecule has 0 saturated carbocycles. The topological polar surface area (TPSA) is 61.8 Å². The highest BCUT2D eigenvalue weighted by atomic mass is 16.7. The van der Waals surface area contributed by atoms with Crippen molar-refractivity contribution in [2.45, 2.75) is 32.2 Å². The van der Waals surface area contributed by atoms with E-state index in [1.54, 1.807) is 0 Å². The smallest absolute Gasteiger partial charge is 0.184 e. The molecule has 3 aliphatic heterocycles. The first kappa shape index (κ1) is 26.2. The van der Waals surface area contributed by atoms with E-state index in [2.05, 4.69) is 74.6 Å². The van der Waals surface area contributed by atoms with E-state index < -0.39 is 0 Å². The Kier molecular flexibility index (Phi) is 8.16. The summed E-state index contributed by atoms with van der Waals surface area (Å²) in [6.07, 6.45) is 5.78. The molecule has 3 aromatic rings. The molecule has 0 radical (unpaired) electrons. The van der Waals surface area contributed by atoms with E-state index in [1.165, 1.54) is 11.4 Å². The summed E-state index contributed by atoms with van der Waals surface area (Å²) < 4.78 is 17.8. The van der Waals surface area contributed by atoms with Crippen LogP contribution in [0.4, 0.5) is 17.1 Å². The average molecular weight is 540 g/mol. The lowest BCUT2D eigenvalue weighted by Gasteiger charge is -2.37. The van der Waals surface area contributed by atoms with Gasteiger partial charge in [0, 0.05) is 48.8 Å². The number of benzene rings is 3. The van der Waals surface area contributed by atoms with Gasteiger partial charge in [0.1, 0.15) is 30.6 Å². The van der Waals surface area contributed by atoms with Crippen LogP contribution in [0.25, 0.3) is 0 Å². The van der Waals surface area contributed by atoms with Gasteiger partial charge in [0.2, 0.25) is 0 Å². The summed E-state index contributed by atoms with van der Waals surface area (Å²) in [7, 11) is 0. The second kappa shape index (κ2) is 12.4. The second-order valence-corrected chi connectivity index (χ2v) is 10.2. The van der Waals surface area contributed by atoms with Crippen LogP contribution in [0.3, 0.4) is 0 Å². The summed E-state index contributed by atoms with van der Waals surface area (Å²) in [4.78, 5) is 6.99. The molecule has 8 heteroatoms. The van der Waals surface area contributed by atoms with Gasteiger partial charge in [0.15, 0.2) is 6.29 Å². The highest BCUT2D eigenvalue weighted by Gasteiger charge is 2.27. The standard InChI is InChI=1S/C32H37N5O3/c1-2-3-9-31-34-33-24-37(31)28-12-10-26(11-13-28)35-18-20-36(21-19-35)27-14-16-29(17-15-27)38-22-30-23-39-32(40-30)25-7-5-4-6-8-25/h4-17,24,30,32,34H,2-3,18-23H2,1H3/b31-9-/t30-,32?/m1/s1. The monoisotopic (exact) mass is 539 g/mol. The molecule has 2 saturated heterocycles. The van der Waals surface area contributed by atoms with Gasteiger partial charge in [-0.15, -0.1) is 0 Å². The molecular formula is C32H37N5O3. The average Bonchev–Trinajstić information content (AvgIpc) is 3.70. The fourth-order valence-electron chi connectivity index (χ4n) is 5.21. The number of rotatable bonds is 9. The number of ether oxygens (including phenoxy) is 3. The van der Waals surface area contributed by atoms with Gasteiger partial charge in [-0.3, -0.25) is 10.3 Å². The Morgan fingerprint density at radius 2 is 1.52 bits per heavy atom. The molecule has 40 heavy (non-hydrogen) atoms. The Labute approximate surface area is 236 Å². The lowest BCUT2D eigenvalue weighted by Crippen LogP contribution is -2.46. The zero-order valence-corrected chi connectivity index (χ0v) is 23.0. The Bertz CT molecular complexity index is 1290. The van der Waals surface area contributed by atoms with E-state index >= 15 is 0 Å². The molecule has 0 bridgehead atoms. The maximum Gasteiger partial charge on any atom is 0.184 e. The Morgan fingerprint density at radius 3 is 2.20 bits per heavy atom. The van der Waals surface area contributed by atoms with Crippen molar-refractivity contribution in [2.75, 3.05) is 54.1 Å². The lowest BCUT2D eigenvalue weighted by molar-refractivity contribution is -0.0659. The van der Waals surface area contributed by atoms with Crippen LogP contribution in [0.5, 0.6) is 5.75 Å². The van der Waals surface area contributed by atoms with Crippen LogP contribution in [0.2, 0.25) is 0 Å².